The molecule has 14 heteroatoms. The highest BCUT2D eigenvalue weighted by molar-refractivity contribution is 8.06. The Labute approximate surface area is 217 Å². The largest absolute Gasteiger partial charge is 0.417 e. The molecule has 2 atom stereocenters. The first kappa shape index (κ1) is 26.2. The van der Waals surface area contributed by atoms with Crippen LogP contribution in [0.15, 0.2) is 35.2 Å². The van der Waals surface area contributed by atoms with Gasteiger partial charge in [0.25, 0.3) is 10.0 Å². The molecule has 0 saturated heterocycles. The van der Waals surface area contributed by atoms with E-state index in [-0.39, 0.29) is 24.6 Å². The minimum atomic E-state index is -4.59. The number of hydrogen-bond donors (Lipinski definition) is 3. The lowest BCUT2D eigenvalue weighted by Gasteiger charge is -2.45. The van der Waals surface area contributed by atoms with Gasteiger partial charge in [0.05, 0.1) is 29.1 Å². The number of hydrazone groups is 1. The topological polar surface area (TPSA) is 144 Å². The van der Waals surface area contributed by atoms with Gasteiger partial charge in [0.2, 0.25) is 5.04 Å². The number of aromatic amines is 1. The van der Waals surface area contributed by atoms with Crippen LogP contribution in [0.4, 0.5) is 13.2 Å². The number of rotatable bonds is 7. The summed E-state index contributed by atoms with van der Waals surface area (Å²) in [4.78, 5) is 17.8. The number of alkyl halides is 3. The molecule has 38 heavy (non-hydrogen) atoms. The van der Waals surface area contributed by atoms with Crippen molar-refractivity contribution in [1.82, 2.24) is 24.9 Å². The average Bonchev–Trinajstić information content (AvgIpc) is 3.61. The van der Waals surface area contributed by atoms with Crippen LogP contribution in [0, 0.1) is 10.8 Å². The number of aromatic nitrogens is 3. The maximum absolute atomic E-state index is 14.0. The van der Waals surface area contributed by atoms with Gasteiger partial charge >= 0.3 is 6.18 Å². The van der Waals surface area contributed by atoms with Crippen LogP contribution >= 0.6 is 0 Å². The van der Waals surface area contributed by atoms with E-state index in [1.165, 1.54) is 7.05 Å². The Bertz CT molecular complexity index is 1430. The third-order valence-corrected chi connectivity index (χ3v) is 9.28. The molecule has 2 fully saturated rings. The van der Waals surface area contributed by atoms with Gasteiger partial charge in [-0.05, 0) is 62.3 Å². The monoisotopic (exact) mass is 549 g/mol. The Morgan fingerprint density at radius 1 is 1.29 bits per heavy atom. The molecule has 3 aliphatic carbocycles. The molecular formula is C24H26F3N7O3S. The van der Waals surface area contributed by atoms with Gasteiger partial charge < -0.3 is 10.8 Å². The fourth-order valence-corrected chi connectivity index (χ4v) is 6.31. The fourth-order valence-electron chi connectivity index (χ4n) is 5.12. The summed E-state index contributed by atoms with van der Waals surface area (Å²) in [7, 11) is -2.76. The highest BCUT2D eigenvalue weighted by atomic mass is 32.2. The summed E-state index contributed by atoms with van der Waals surface area (Å²) in [6.45, 7) is 0. The Hall–Kier alpha value is -3.39. The van der Waals surface area contributed by atoms with Crippen LogP contribution in [0.3, 0.4) is 0 Å². The number of pyridine rings is 1. The predicted octanol–water partition coefficient (Wildman–Crippen LogP) is 3.16. The van der Waals surface area contributed by atoms with E-state index in [0.717, 1.165) is 46.1 Å². The molecular weight excluding hydrogens is 523 g/mol. The minimum Gasteiger partial charge on any atom is -0.306 e. The number of sulfonamides is 1. The van der Waals surface area contributed by atoms with Crippen LogP contribution in [0.5, 0.6) is 0 Å². The second kappa shape index (κ2) is 9.42. The van der Waals surface area contributed by atoms with Crippen LogP contribution < -0.4 is 5.43 Å². The van der Waals surface area contributed by atoms with E-state index >= 15 is 0 Å². The van der Waals surface area contributed by atoms with E-state index in [1.54, 1.807) is 6.20 Å². The number of nitrogens with zero attached hydrogens (tertiary/aromatic N) is 4. The van der Waals surface area contributed by atoms with E-state index in [4.69, 9.17) is 5.41 Å². The van der Waals surface area contributed by atoms with Crippen LogP contribution in [0.1, 0.15) is 59.4 Å². The standard InChI is InChI=1S/C24H26F3N7O3S/c1-34(38(36,37)21(11-28)33-31-17-4-5-17)18-6-2-15-8-20-14(12-30-32-20)9-23(15,10-18)22(35)19-7-3-16(13-29-19)24(25,26)27/h3,7-8,11-13,17-18,28,31H,2,4-6,9-10H2,1H3,(H,30,32)/b28-11?,33-21+/t18-,23-/m0/s1. The summed E-state index contributed by atoms with van der Waals surface area (Å²) in [6, 6.07) is 1.35. The predicted molar refractivity (Wildman–Crippen MR) is 133 cm³/mol. The molecule has 0 bridgehead atoms. The van der Waals surface area contributed by atoms with E-state index in [1.807, 2.05) is 6.08 Å². The summed E-state index contributed by atoms with van der Waals surface area (Å²) in [5, 5.41) is 18.1. The van der Waals surface area contributed by atoms with Crippen molar-refractivity contribution in [3.05, 3.63) is 52.6 Å². The molecule has 2 aromatic heterocycles. The molecule has 3 N–H and O–H groups in total. The number of ketones is 1. The number of halogens is 3. The molecule has 0 aliphatic heterocycles. The van der Waals surface area contributed by atoms with Crippen molar-refractivity contribution in [2.24, 2.45) is 10.5 Å². The molecule has 10 nitrogen and oxygen atoms in total. The van der Waals surface area contributed by atoms with Crippen molar-refractivity contribution in [2.75, 3.05) is 7.05 Å². The zero-order valence-corrected chi connectivity index (χ0v) is 21.2. The zero-order chi connectivity index (χ0) is 27.3. The van der Waals surface area contributed by atoms with Crippen LogP contribution in [-0.4, -0.2) is 64.1 Å². The van der Waals surface area contributed by atoms with E-state index < -0.39 is 44.0 Å². The maximum Gasteiger partial charge on any atom is 0.417 e. The maximum atomic E-state index is 14.0. The lowest BCUT2D eigenvalue weighted by molar-refractivity contribution is -0.137. The van der Waals surface area contributed by atoms with Gasteiger partial charge in [-0.3, -0.25) is 14.9 Å². The average molecular weight is 550 g/mol. The van der Waals surface area contributed by atoms with Crippen molar-refractivity contribution in [1.29, 1.82) is 5.41 Å². The van der Waals surface area contributed by atoms with Crippen LogP contribution in [0.25, 0.3) is 6.08 Å². The molecule has 2 heterocycles. The summed E-state index contributed by atoms with van der Waals surface area (Å²) in [6.07, 6.45) is 2.96. The molecule has 202 valence electrons. The SMILES string of the molecule is CN([C@H]1CCC2=Cc3[nH]ncc3C[C@]2(C(=O)c2ccc(C(F)(F)F)cn2)C1)S(=O)(=O)/C(C=N)=N/NC1CC1. The number of carbonyl (C=O) groups is 1. The Morgan fingerprint density at radius 3 is 2.68 bits per heavy atom. The van der Waals surface area contributed by atoms with E-state index in [2.05, 4.69) is 25.7 Å². The summed E-state index contributed by atoms with van der Waals surface area (Å²) in [5.74, 6) is -0.476. The van der Waals surface area contributed by atoms with Gasteiger partial charge in [0.15, 0.2) is 5.78 Å². The smallest absolute Gasteiger partial charge is 0.306 e. The second-order valence-corrected chi connectivity index (χ2v) is 11.9. The zero-order valence-electron chi connectivity index (χ0n) is 20.4. The van der Waals surface area contributed by atoms with Gasteiger partial charge in [0.1, 0.15) is 5.69 Å². The second-order valence-electron chi connectivity index (χ2n) is 9.91. The van der Waals surface area contributed by atoms with Gasteiger partial charge in [-0.1, -0.05) is 5.57 Å². The normalized spacial score (nSPS) is 23.9. The first-order valence-corrected chi connectivity index (χ1v) is 13.5. The number of H-pyrrole nitrogens is 1. The summed E-state index contributed by atoms with van der Waals surface area (Å²) in [5.41, 5.74) is 2.69. The molecule has 5 rings (SSSR count). The van der Waals surface area contributed by atoms with E-state index in [9.17, 15) is 26.4 Å². The molecule has 0 unspecified atom stereocenters. The van der Waals surface area contributed by atoms with Crippen LogP contribution in [-0.2, 0) is 22.6 Å². The van der Waals surface area contributed by atoms with Gasteiger partial charge in [-0.15, -0.1) is 0 Å². The molecule has 2 saturated carbocycles. The number of fused-ring (bicyclic) bond motifs is 2. The molecule has 2 aromatic rings. The van der Waals surface area contributed by atoms with Crippen molar-refractivity contribution in [3.8, 4) is 0 Å². The number of carbonyl (C=O) groups excluding carboxylic acids is 1. The van der Waals surface area contributed by atoms with Crippen molar-refractivity contribution in [3.63, 3.8) is 0 Å². The Kier molecular flexibility index (Phi) is 6.50. The summed E-state index contributed by atoms with van der Waals surface area (Å²) < 4.78 is 67.1. The third-order valence-electron chi connectivity index (χ3n) is 7.48. The van der Waals surface area contributed by atoms with Crippen LogP contribution in [0.2, 0.25) is 0 Å². The minimum absolute atomic E-state index is 0.0854. The number of hydrogen-bond acceptors (Lipinski definition) is 8. The number of Topliss-reactive ketones (excluding diaryl/α,β-unsaturated/α-hetero) is 1. The molecule has 0 aromatic carbocycles. The Balaban J connectivity index is 1.49. The number of nitrogens with one attached hydrogen (secondary N) is 3. The molecule has 0 amide bonds. The Morgan fingerprint density at radius 2 is 2.05 bits per heavy atom. The van der Waals surface area contributed by atoms with Gasteiger partial charge in [-0.2, -0.15) is 27.7 Å². The first-order chi connectivity index (χ1) is 18.0. The summed E-state index contributed by atoms with van der Waals surface area (Å²) >= 11 is 0. The van der Waals surface area contributed by atoms with E-state index in [0.29, 0.717) is 25.3 Å². The lowest BCUT2D eigenvalue weighted by atomic mass is 9.60. The van der Waals surface area contributed by atoms with Crippen molar-refractivity contribution >= 4 is 33.1 Å². The van der Waals surface area contributed by atoms with Crippen molar-refractivity contribution in [2.45, 2.75) is 56.8 Å². The third kappa shape index (κ3) is 4.66. The first-order valence-electron chi connectivity index (χ1n) is 12.1. The highest BCUT2D eigenvalue weighted by Gasteiger charge is 2.51. The quantitative estimate of drug-likeness (QED) is 0.209. The fraction of sp³-hybridized carbons (Fsp3) is 0.458. The van der Waals surface area contributed by atoms with Crippen molar-refractivity contribution < 1.29 is 26.4 Å². The molecule has 0 spiro atoms. The number of allylic oxidation sites excluding steroid dienone is 1. The molecule has 0 radical (unpaired) electrons. The lowest BCUT2D eigenvalue weighted by Crippen LogP contribution is -2.50. The highest BCUT2D eigenvalue weighted by Crippen LogP contribution is 2.50. The van der Waals surface area contributed by atoms with Gasteiger partial charge in [-0.25, -0.2) is 8.42 Å². The molecule has 3 aliphatic rings. The van der Waals surface area contributed by atoms with Gasteiger partial charge in [0, 0.05) is 25.3 Å².